The van der Waals surface area contributed by atoms with Crippen molar-refractivity contribution in [2.75, 3.05) is 7.11 Å². The van der Waals surface area contributed by atoms with Crippen LogP contribution < -0.4 is 0 Å². The third-order valence-electron chi connectivity index (χ3n) is 2.24. The average molecular weight is 199 g/mol. The predicted molar refractivity (Wildman–Crippen MR) is 51.6 cm³/mol. The van der Waals surface area contributed by atoms with Crippen molar-refractivity contribution in [1.82, 2.24) is 15.0 Å². The van der Waals surface area contributed by atoms with Crippen molar-refractivity contribution in [3.63, 3.8) is 0 Å². The van der Waals surface area contributed by atoms with E-state index in [0.29, 0.717) is 5.69 Å². The summed E-state index contributed by atoms with van der Waals surface area (Å²) in [4.78, 5) is 0. The van der Waals surface area contributed by atoms with E-state index in [4.69, 9.17) is 9.84 Å². The summed E-state index contributed by atoms with van der Waals surface area (Å²) in [7, 11) is 1.69. The number of aliphatic hydroxyl groups excluding tert-OH is 1. The van der Waals surface area contributed by atoms with Gasteiger partial charge in [0.15, 0.2) is 0 Å². The van der Waals surface area contributed by atoms with E-state index in [1.807, 2.05) is 13.8 Å². The maximum absolute atomic E-state index is 8.78. The summed E-state index contributed by atoms with van der Waals surface area (Å²) >= 11 is 0. The molecule has 1 aromatic heterocycles. The minimum Gasteiger partial charge on any atom is -0.390 e. The molecule has 0 fully saturated rings. The number of aliphatic hydroxyl groups is 1. The molecular weight excluding hydrogens is 182 g/mol. The van der Waals surface area contributed by atoms with Gasteiger partial charge in [0.1, 0.15) is 5.69 Å². The molecule has 0 radical (unpaired) electrons. The van der Waals surface area contributed by atoms with Gasteiger partial charge in [-0.3, -0.25) is 4.68 Å². The molecular formula is C9H17N3O2. The second-order valence-electron chi connectivity index (χ2n) is 3.84. The van der Waals surface area contributed by atoms with Gasteiger partial charge in [-0.2, -0.15) is 0 Å². The monoisotopic (exact) mass is 199 g/mol. The van der Waals surface area contributed by atoms with E-state index in [9.17, 15) is 0 Å². The first-order valence-corrected chi connectivity index (χ1v) is 4.62. The smallest absolute Gasteiger partial charge is 0.108 e. The Morgan fingerprint density at radius 2 is 2.29 bits per heavy atom. The third-order valence-corrected chi connectivity index (χ3v) is 2.24. The Kier molecular flexibility index (Phi) is 3.60. The molecule has 5 heteroatoms. The SMILES string of the molecule is COC(C)(C)CCn1cc(CO)nn1. The van der Waals surface area contributed by atoms with Crippen LogP contribution in [0.15, 0.2) is 6.20 Å². The van der Waals surface area contributed by atoms with Gasteiger partial charge in [-0.15, -0.1) is 5.10 Å². The Morgan fingerprint density at radius 1 is 1.57 bits per heavy atom. The predicted octanol–water partition coefficient (Wildman–Crippen LogP) is 0.585. The Labute approximate surface area is 83.7 Å². The van der Waals surface area contributed by atoms with E-state index in [2.05, 4.69) is 10.3 Å². The van der Waals surface area contributed by atoms with E-state index in [1.54, 1.807) is 18.0 Å². The first-order chi connectivity index (χ1) is 6.57. The fourth-order valence-electron chi connectivity index (χ4n) is 1.01. The summed E-state index contributed by atoms with van der Waals surface area (Å²) in [6.45, 7) is 4.73. The number of aromatic nitrogens is 3. The summed E-state index contributed by atoms with van der Waals surface area (Å²) in [6.07, 6.45) is 2.60. The van der Waals surface area contributed by atoms with Crippen molar-refractivity contribution < 1.29 is 9.84 Å². The average Bonchev–Trinajstić information content (AvgIpc) is 2.63. The largest absolute Gasteiger partial charge is 0.390 e. The molecule has 14 heavy (non-hydrogen) atoms. The number of ether oxygens (including phenoxy) is 1. The van der Waals surface area contributed by atoms with Gasteiger partial charge in [-0.25, -0.2) is 0 Å². The molecule has 1 rings (SSSR count). The normalized spacial score (nSPS) is 12.0. The fourth-order valence-corrected chi connectivity index (χ4v) is 1.01. The summed E-state index contributed by atoms with van der Waals surface area (Å²) in [6, 6.07) is 0. The summed E-state index contributed by atoms with van der Waals surface area (Å²) in [5.74, 6) is 0. The second-order valence-corrected chi connectivity index (χ2v) is 3.84. The van der Waals surface area contributed by atoms with Crippen molar-refractivity contribution in [2.45, 2.75) is 39.0 Å². The van der Waals surface area contributed by atoms with Gasteiger partial charge >= 0.3 is 0 Å². The zero-order chi connectivity index (χ0) is 10.6. The van der Waals surface area contributed by atoms with Crippen molar-refractivity contribution in [3.05, 3.63) is 11.9 Å². The summed E-state index contributed by atoms with van der Waals surface area (Å²) in [5, 5.41) is 16.4. The Bertz CT molecular complexity index is 283. The fraction of sp³-hybridized carbons (Fsp3) is 0.778. The van der Waals surface area contributed by atoms with Gasteiger partial charge in [0.2, 0.25) is 0 Å². The molecule has 0 atom stereocenters. The molecule has 1 aromatic rings. The van der Waals surface area contributed by atoms with Gasteiger partial charge in [0.05, 0.1) is 18.4 Å². The second kappa shape index (κ2) is 4.52. The molecule has 0 saturated heterocycles. The summed E-state index contributed by atoms with van der Waals surface area (Å²) in [5.41, 5.74) is 0.450. The molecule has 0 aliphatic heterocycles. The van der Waals surface area contributed by atoms with E-state index >= 15 is 0 Å². The Hall–Kier alpha value is -0.940. The first kappa shape index (κ1) is 11.1. The topological polar surface area (TPSA) is 60.2 Å². The lowest BCUT2D eigenvalue weighted by molar-refractivity contribution is 0.0112. The molecule has 0 bridgehead atoms. The highest BCUT2D eigenvalue weighted by atomic mass is 16.5. The zero-order valence-corrected chi connectivity index (χ0v) is 8.90. The molecule has 0 saturated carbocycles. The highest BCUT2D eigenvalue weighted by Crippen LogP contribution is 2.13. The van der Waals surface area contributed by atoms with Gasteiger partial charge < -0.3 is 9.84 Å². The molecule has 1 N–H and O–H groups in total. The summed E-state index contributed by atoms with van der Waals surface area (Å²) < 4.78 is 7.00. The molecule has 0 aromatic carbocycles. The lowest BCUT2D eigenvalue weighted by Crippen LogP contribution is -2.24. The lowest BCUT2D eigenvalue weighted by atomic mass is 10.1. The van der Waals surface area contributed by atoms with Crippen LogP contribution in [-0.2, 0) is 17.9 Å². The van der Waals surface area contributed by atoms with Crippen LogP contribution in [0.25, 0.3) is 0 Å². The third kappa shape index (κ3) is 3.08. The number of methoxy groups -OCH3 is 1. The molecule has 0 spiro atoms. The molecule has 0 amide bonds. The highest BCUT2D eigenvalue weighted by molar-refractivity contribution is 4.89. The highest BCUT2D eigenvalue weighted by Gasteiger charge is 2.16. The van der Waals surface area contributed by atoms with E-state index < -0.39 is 0 Å². The molecule has 1 heterocycles. The van der Waals surface area contributed by atoms with Crippen molar-refractivity contribution in [3.8, 4) is 0 Å². The number of hydrogen-bond acceptors (Lipinski definition) is 4. The number of nitrogens with zero attached hydrogens (tertiary/aromatic N) is 3. The maximum Gasteiger partial charge on any atom is 0.108 e. The minimum atomic E-state index is -0.147. The number of aryl methyl sites for hydroxylation is 1. The number of rotatable bonds is 5. The van der Waals surface area contributed by atoms with Crippen molar-refractivity contribution >= 4 is 0 Å². The first-order valence-electron chi connectivity index (χ1n) is 4.62. The van der Waals surface area contributed by atoms with Crippen molar-refractivity contribution in [1.29, 1.82) is 0 Å². The van der Waals surface area contributed by atoms with Crippen LogP contribution in [0.1, 0.15) is 26.0 Å². The molecule has 0 aliphatic rings. The maximum atomic E-state index is 8.78. The van der Waals surface area contributed by atoms with Crippen LogP contribution in [0, 0.1) is 0 Å². The van der Waals surface area contributed by atoms with E-state index in [1.165, 1.54) is 0 Å². The van der Waals surface area contributed by atoms with Gasteiger partial charge in [0, 0.05) is 13.7 Å². The molecule has 80 valence electrons. The Morgan fingerprint density at radius 3 is 2.79 bits per heavy atom. The van der Waals surface area contributed by atoms with Crippen LogP contribution in [0.5, 0.6) is 0 Å². The standard InChI is InChI=1S/C9H17N3O2/c1-9(2,14-3)4-5-12-6-8(7-13)10-11-12/h6,13H,4-5,7H2,1-3H3. The van der Waals surface area contributed by atoms with Crippen LogP contribution in [-0.4, -0.2) is 32.8 Å². The van der Waals surface area contributed by atoms with Crippen LogP contribution in [0.4, 0.5) is 0 Å². The lowest BCUT2D eigenvalue weighted by Gasteiger charge is -2.22. The van der Waals surface area contributed by atoms with Crippen LogP contribution >= 0.6 is 0 Å². The van der Waals surface area contributed by atoms with Gasteiger partial charge in [-0.05, 0) is 20.3 Å². The van der Waals surface area contributed by atoms with E-state index in [0.717, 1.165) is 13.0 Å². The van der Waals surface area contributed by atoms with Crippen LogP contribution in [0.2, 0.25) is 0 Å². The van der Waals surface area contributed by atoms with Gasteiger partial charge in [-0.1, -0.05) is 5.21 Å². The Balaban J connectivity index is 2.45. The van der Waals surface area contributed by atoms with Crippen LogP contribution in [0.3, 0.4) is 0 Å². The molecule has 0 unspecified atom stereocenters. The molecule has 0 aliphatic carbocycles. The van der Waals surface area contributed by atoms with E-state index in [-0.39, 0.29) is 12.2 Å². The minimum absolute atomic E-state index is 0.0618. The van der Waals surface area contributed by atoms with Gasteiger partial charge in [0.25, 0.3) is 0 Å². The van der Waals surface area contributed by atoms with Crippen molar-refractivity contribution in [2.24, 2.45) is 0 Å². The number of hydrogen-bond donors (Lipinski definition) is 1. The molecule has 5 nitrogen and oxygen atoms in total. The zero-order valence-electron chi connectivity index (χ0n) is 8.90. The quantitative estimate of drug-likeness (QED) is 0.753.